The third kappa shape index (κ3) is 8.96. The van der Waals surface area contributed by atoms with Gasteiger partial charge >= 0.3 is 0 Å². The quantitative estimate of drug-likeness (QED) is 0.218. The molecular weight excluding hydrogens is 501 g/mol. The highest BCUT2D eigenvalue weighted by Gasteiger charge is 2.16. The van der Waals surface area contributed by atoms with E-state index in [1.807, 2.05) is 4.90 Å². The summed E-state index contributed by atoms with van der Waals surface area (Å²) in [6, 6.07) is 8.81. The second kappa shape index (κ2) is 14.7. The first-order valence-electron chi connectivity index (χ1n) is 11.9. The Morgan fingerprint density at radius 1 is 1.00 bits per heavy atom. The number of aliphatic imine (C=N–C) groups is 1. The van der Waals surface area contributed by atoms with Crippen LogP contribution in [0.4, 0.5) is 0 Å². The molecule has 0 radical (unpaired) electrons. The lowest BCUT2D eigenvalue weighted by atomic mass is 10.00. The number of benzene rings is 1. The number of carbonyl (C=O) groups is 1. The fourth-order valence-electron chi connectivity index (χ4n) is 4.32. The number of guanidine groups is 1. The zero-order valence-corrected chi connectivity index (χ0v) is 21.4. The largest absolute Gasteiger partial charge is 0.357 e. The molecule has 1 fully saturated rings. The van der Waals surface area contributed by atoms with Crippen LogP contribution >= 0.6 is 24.0 Å². The molecule has 1 aromatic rings. The van der Waals surface area contributed by atoms with E-state index in [9.17, 15) is 4.79 Å². The zero-order chi connectivity index (χ0) is 21.0. The van der Waals surface area contributed by atoms with E-state index in [-0.39, 0.29) is 24.0 Å². The second-order valence-electron chi connectivity index (χ2n) is 8.38. The average Bonchev–Trinajstić information content (AvgIpc) is 2.98. The van der Waals surface area contributed by atoms with Crippen LogP contribution in [0.25, 0.3) is 0 Å². The van der Waals surface area contributed by atoms with Gasteiger partial charge in [-0.3, -0.25) is 14.7 Å². The summed E-state index contributed by atoms with van der Waals surface area (Å²) in [4.78, 5) is 21.4. The van der Waals surface area contributed by atoms with Gasteiger partial charge in [-0.1, -0.05) is 30.7 Å². The van der Waals surface area contributed by atoms with Gasteiger partial charge in [0.05, 0.1) is 0 Å². The Bertz CT molecular complexity index is 696. The molecule has 0 unspecified atom stereocenters. The maximum Gasteiger partial charge on any atom is 0.222 e. The molecule has 3 rings (SSSR count). The molecule has 0 saturated carbocycles. The van der Waals surface area contributed by atoms with Crippen LogP contribution in [0.1, 0.15) is 56.6 Å². The van der Waals surface area contributed by atoms with Gasteiger partial charge in [0.2, 0.25) is 5.91 Å². The number of amides is 1. The van der Waals surface area contributed by atoms with Crippen LogP contribution in [0.5, 0.6) is 0 Å². The van der Waals surface area contributed by atoms with Gasteiger partial charge in [-0.2, -0.15) is 0 Å². The Morgan fingerprint density at radius 2 is 1.84 bits per heavy atom. The summed E-state index contributed by atoms with van der Waals surface area (Å²) >= 11 is 0. The van der Waals surface area contributed by atoms with Gasteiger partial charge in [-0.25, -0.2) is 0 Å². The van der Waals surface area contributed by atoms with Crippen molar-refractivity contribution in [3.63, 3.8) is 0 Å². The summed E-state index contributed by atoms with van der Waals surface area (Å²) in [5.74, 6) is 1.21. The van der Waals surface area contributed by atoms with Crippen LogP contribution in [-0.2, 0) is 17.8 Å². The van der Waals surface area contributed by atoms with Crippen LogP contribution in [-0.4, -0.2) is 67.5 Å². The topological polar surface area (TPSA) is 60.0 Å². The smallest absolute Gasteiger partial charge is 0.222 e. The predicted molar refractivity (Wildman–Crippen MR) is 139 cm³/mol. The molecule has 1 saturated heterocycles. The van der Waals surface area contributed by atoms with Crippen LogP contribution in [0, 0.1) is 0 Å². The Labute approximate surface area is 205 Å². The highest BCUT2D eigenvalue weighted by molar-refractivity contribution is 14.0. The van der Waals surface area contributed by atoms with Crippen LogP contribution in [0.3, 0.4) is 0 Å². The summed E-state index contributed by atoms with van der Waals surface area (Å²) in [6.45, 7) is 9.71. The molecular formula is C24H40IN5O. The third-order valence-corrected chi connectivity index (χ3v) is 6.02. The number of likely N-dealkylation sites (tertiary alicyclic amines) is 1. The van der Waals surface area contributed by atoms with Crippen molar-refractivity contribution in [2.24, 2.45) is 4.99 Å². The molecule has 2 aliphatic rings. The molecule has 0 aromatic heterocycles. The van der Waals surface area contributed by atoms with Gasteiger partial charge in [-0.15, -0.1) is 24.0 Å². The summed E-state index contributed by atoms with van der Waals surface area (Å²) < 4.78 is 0. The Kier molecular flexibility index (Phi) is 12.3. The molecule has 174 valence electrons. The fraction of sp³-hybridized carbons (Fsp3) is 0.667. The van der Waals surface area contributed by atoms with Crippen molar-refractivity contribution in [2.75, 3.05) is 45.8 Å². The van der Waals surface area contributed by atoms with Crippen molar-refractivity contribution < 1.29 is 4.79 Å². The number of nitrogens with zero attached hydrogens (tertiary/aromatic N) is 3. The first kappa shape index (κ1) is 25.9. The van der Waals surface area contributed by atoms with E-state index in [0.717, 1.165) is 96.8 Å². The van der Waals surface area contributed by atoms with E-state index in [2.05, 4.69) is 46.7 Å². The SMILES string of the molecule is CCNC(=NCCCN1CCCCCC1=O)NCCCN1CCc2ccccc2C1.I. The van der Waals surface area contributed by atoms with Crippen molar-refractivity contribution >= 4 is 35.8 Å². The van der Waals surface area contributed by atoms with Crippen molar-refractivity contribution in [2.45, 2.75) is 58.4 Å². The van der Waals surface area contributed by atoms with Crippen molar-refractivity contribution in [1.82, 2.24) is 20.4 Å². The summed E-state index contributed by atoms with van der Waals surface area (Å²) in [5.41, 5.74) is 2.99. The number of hydrogen-bond donors (Lipinski definition) is 2. The number of halogens is 1. The molecule has 6 nitrogen and oxygen atoms in total. The molecule has 7 heteroatoms. The first-order valence-corrected chi connectivity index (χ1v) is 11.9. The summed E-state index contributed by atoms with van der Waals surface area (Å²) in [6.07, 6.45) is 7.28. The minimum absolute atomic E-state index is 0. The Morgan fingerprint density at radius 3 is 2.68 bits per heavy atom. The molecule has 31 heavy (non-hydrogen) atoms. The van der Waals surface area contributed by atoms with Crippen molar-refractivity contribution in [3.05, 3.63) is 35.4 Å². The normalized spacial score (nSPS) is 17.5. The fourth-order valence-corrected chi connectivity index (χ4v) is 4.32. The highest BCUT2D eigenvalue weighted by Crippen LogP contribution is 2.18. The maximum atomic E-state index is 12.1. The number of nitrogens with one attached hydrogen (secondary N) is 2. The summed E-state index contributed by atoms with van der Waals surface area (Å²) in [5, 5.41) is 6.80. The number of carbonyl (C=O) groups excluding carboxylic acids is 1. The third-order valence-electron chi connectivity index (χ3n) is 6.02. The van der Waals surface area contributed by atoms with Crippen molar-refractivity contribution in [1.29, 1.82) is 0 Å². The molecule has 0 atom stereocenters. The van der Waals surface area contributed by atoms with Gasteiger partial charge in [-0.05, 0) is 50.2 Å². The standard InChI is InChI=1S/C24H39N5O.HI/c1-2-25-24(27-15-9-18-29-17-7-3-4-12-23(29)30)26-14-8-16-28-19-13-21-10-5-6-11-22(21)20-28;/h5-6,10-11H,2-4,7-9,12-20H2,1H3,(H2,25,26,27);1H. The zero-order valence-electron chi connectivity index (χ0n) is 19.1. The minimum atomic E-state index is 0. The monoisotopic (exact) mass is 541 g/mol. The Balaban J connectivity index is 0.00000341. The molecule has 0 bridgehead atoms. The second-order valence-corrected chi connectivity index (χ2v) is 8.38. The molecule has 0 spiro atoms. The van der Waals surface area contributed by atoms with E-state index >= 15 is 0 Å². The molecule has 0 aliphatic carbocycles. The van der Waals surface area contributed by atoms with Gasteiger partial charge in [0.25, 0.3) is 0 Å². The van der Waals surface area contributed by atoms with E-state index in [1.54, 1.807) is 0 Å². The molecule has 1 aromatic carbocycles. The maximum absolute atomic E-state index is 12.1. The molecule has 2 heterocycles. The molecule has 2 aliphatic heterocycles. The van der Waals surface area contributed by atoms with Crippen LogP contribution in [0.2, 0.25) is 0 Å². The van der Waals surface area contributed by atoms with Crippen LogP contribution in [0.15, 0.2) is 29.3 Å². The van der Waals surface area contributed by atoms with Crippen LogP contribution < -0.4 is 10.6 Å². The van der Waals surface area contributed by atoms with Gasteiger partial charge in [0, 0.05) is 58.8 Å². The molecule has 2 N–H and O–H groups in total. The number of rotatable bonds is 9. The first-order chi connectivity index (χ1) is 14.8. The van der Waals surface area contributed by atoms with Gasteiger partial charge < -0.3 is 15.5 Å². The van der Waals surface area contributed by atoms with E-state index in [0.29, 0.717) is 5.91 Å². The predicted octanol–water partition coefficient (Wildman–Crippen LogP) is 3.40. The number of fused-ring (bicyclic) bond motifs is 1. The van der Waals surface area contributed by atoms with E-state index < -0.39 is 0 Å². The summed E-state index contributed by atoms with van der Waals surface area (Å²) in [7, 11) is 0. The lowest BCUT2D eigenvalue weighted by Crippen LogP contribution is -2.39. The number of hydrogen-bond acceptors (Lipinski definition) is 3. The van der Waals surface area contributed by atoms with Gasteiger partial charge in [0.1, 0.15) is 0 Å². The van der Waals surface area contributed by atoms with Gasteiger partial charge in [0.15, 0.2) is 5.96 Å². The highest BCUT2D eigenvalue weighted by atomic mass is 127. The lowest BCUT2D eigenvalue weighted by Gasteiger charge is -2.28. The lowest BCUT2D eigenvalue weighted by molar-refractivity contribution is -0.130. The Hall–Kier alpha value is -1.35. The minimum Gasteiger partial charge on any atom is -0.357 e. The molecule has 1 amide bonds. The van der Waals surface area contributed by atoms with E-state index in [1.165, 1.54) is 17.5 Å². The van der Waals surface area contributed by atoms with Crippen molar-refractivity contribution in [3.8, 4) is 0 Å². The van der Waals surface area contributed by atoms with E-state index in [4.69, 9.17) is 4.99 Å². The average molecular weight is 542 g/mol.